The highest BCUT2D eigenvalue weighted by atomic mass is 16.4. The van der Waals surface area contributed by atoms with Gasteiger partial charge in [-0.15, -0.1) is 0 Å². The number of piperidine rings is 1. The van der Waals surface area contributed by atoms with Crippen molar-refractivity contribution >= 4 is 21.9 Å². The fourth-order valence-electron chi connectivity index (χ4n) is 3.54. The van der Waals surface area contributed by atoms with E-state index in [4.69, 9.17) is 8.83 Å². The van der Waals surface area contributed by atoms with E-state index in [1.165, 1.54) is 5.56 Å². The third-order valence-electron chi connectivity index (χ3n) is 4.46. The Labute approximate surface area is 122 Å². The number of aryl methyl sites for hydroxylation is 2. The van der Waals surface area contributed by atoms with Crippen LogP contribution in [-0.2, 0) is 0 Å². The van der Waals surface area contributed by atoms with E-state index in [1.807, 2.05) is 26.0 Å². The van der Waals surface area contributed by atoms with E-state index in [1.54, 1.807) is 0 Å². The molecule has 3 aromatic rings. The number of furan rings is 2. The first-order valence-corrected chi connectivity index (χ1v) is 7.51. The number of rotatable bonds is 1. The van der Waals surface area contributed by atoms with Gasteiger partial charge in [0.1, 0.15) is 17.1 Å². The molecule has 1 aliphatic rings. The summed E-state index contributed by atoms with van der Waals surface area (Å²) in [6, 6.07) is 3.91. The quantitative estimate of drug-likeness (QED) is 0.710. The zero-order valence-corrected chi connectivity index (χ0v) is 12.3. The van der Waals surface area contributed by atoms with Gasteiger partial charge in [0, 0.05) is 10.9 Å². The smallest absolute Gasteiger partial charge is 0.177 e. The third-order valence-corrected chi connectivity index (χ3v) is 4.46. The van der Waals surface area contributed by atoms with E-state index in [0.29, 0.717) is 11.5 Å². The normalized spacial score (nSPS) is 17.0. The average Bonchev–Trinajstić information content (AvgIpc) is 3.03. The van der Waals surface area contributed by atoms with Gasteiger partial charge in [0.05, 0.1) is 5.39 Å². The predicted molar refractivity (Wildman–Crippen MR) is 82.0 cm³/mol. The van der Waals surface area contributed by atoms with Crippen LogP contribution in [0.15, 0.2) is 21.0 Å². The molecule has 1 aromatic carbocycles. The summed E-state index contributed by atoms with van der Waals surface area (Å²) in [7, 11) is 0. The summed E-state index contributed by atoms with van der Waals surface area (Å²) in [5.74, 6) is 2.28. The molecular formula is C17H19NO3. The summed E-state index contributed by atoms with van der Waals surface area (Å²) in [5, 5.41) is 15.7. The Morgan fingerprint density at radius 1 is 1.00 bits per heavy atom. The highest BCUT2D eigenvalue weighted by molar-refractivity contribution is 6.04. The minimum absolute atomic E-state index is 0.197. The molecule has 1 aliphatic heterocycles. The number of fused-ring (bicyclic) bond motifs is 2. The molecule has 1 fully saturated rings. The van der Waals surface area contributed by atoms with Crippen molar-refractivity contribution in [3.8, 4) is 5.75 Å². The molecule has 4 rings (SSSR count). The molecule has 0 saturated carbocycles. The van der Waals surface area contributed by atoms with Gasteiger partial charge in [-0.2, -0.15) is 0 Å². The maximum atomic E-state index is 10.5. The van der Waals surface area contributed by atoms with Gasteiger partial charge in [-0.05, 0) is 57.8 Å². The van der Waals surface area contributed by atoms with Crippen molar-refractivity contribution in [2.45, 2.75) is 32.6 Å². The lowest BCUT2D eigenvalue weighted by atomic mass is 9.87. The van der Waals surface area contributed by atoms with Crippen LogP contribution < -0.4 is 5.32 Å². The van der Waals surface area contributed by atoms with Crippen LogP contribution in [0.25, 0.3) is 21.9 Å². The molecule has 0 spiro atoms. The van der Waals surface area contributed by atoms with Gasteiger partial charge in [0.25, 0.3) is 0 Å². The molecular weight excluding hydrogens is 266 g/mol. The number of nitrogens with one attached hydrogen (secondary N) is 1. The number of hydrogen-bond donors (Lipinski definition) is 2. The van der Waals surface area contributed by atoms with Gasteiger partial charge in [-0.25, -0.2) is 0 Å². The summed E-state index contributed by atoms with van der Waals surface area (Å²) in [6.07, 6.45) is 2.16. The van der Waals surface area contributed by atoms with Crippen LogP contribution in [0, 0.1) is 13.8 Å². The molecule has 2 N–H and O–H groups in total. The second-order valence-corrected chi connectivity index (χ2v) is 5.99. The monoisotopic (exact) mass is 285 g/mol. The molecule has 0 atom stereocenters. The van der Waals surface area contributed by atoms with Crippen LogP contribution >= 0.6 is 0 Å². The molecule has 110 valence electrons. The van der Waals surface area contributed by atoms with Gasteiger partial charge < -0.3 is 19.3 Å². The fourth-order valence-corrected chi connectivity index (χ4v) is 3.54. The van der Waals surface area contributed by atoms with Crippen LogP contribution in [0.1, 0.15) is 35.8 Å². The molecule has 0 radical (unpaired) electrons. The SMILES string of the molecule is Cc1cc2c(C3CCNCC3)c3oc(C)cc3c(O)c2o1. The first kappa shape index (κ1) is 12.8. The summed E-state index contributed by atoms with van der Waals surface area (Å²) in [5.41, 5.74) is 2.61. The third kappa shape index (κ3) is 1.86. The average molecular weight is 285 g/mol. The van der Waals surface area contributed by atoms with E-state index in [0.717, 1.165) is 53.8 Å². The first-order valence-electron chi connectivity index (χ1n) is 7.51. The van der Waals surface area contributed by atoms with Crippen molar-refractivity contribution in [3.63, 3.8) is 0 Å². The summed E-state index contributed by atoms with van der Waals surface area (Å²) in [6.45, 7) is 5.87. The highest BCUT2D eigenvalue weighted by Gasteiger charge is 2.26. The highest BCUT2D eigenvalue weighted by Crippen LogP contribution is 2.45. The Bertz CT molecular complexity index is 764. The minimum atomic E-state index is 0.197. The number of aromatic hydroxyl groups is 1. The second kappa shape index (κ2) is 4.53. The Morgan fingerprint density at radius 2 is 1.62 bits per heavy atom. The molecule has 21 heavy (non-hydrogen) atoms. The van der Waals surface area contributed by atoms with Crippen molar-refractivity contribution in [2.24, 2.45) is 0 Å². The molecule has 0 amide bonds. The van der Waals surface area contributed by atoms with Gasteiger partial charge in [-0.3, -0.25) is 0 Å². The Kier molecular flexibility index (Phi) is 2.76. The van der Waals surface area contributed by atoms with E-state index in [2.05, 4.69) is 5.32 Å². The molecule has 0 aliphatic carbocycles. The van der Waals surface area contributed by atoms with Gasteiger partial charge in [0.15, 0.2) is 11.3 Å². The van der Waals surface area contributed by atoms with Crippen molar-refractivity contribution in [3.05, 3.63) is 29.2 Å². The number of phenols is 1. The number of phenolic OH excluding ortho intramolecular Hbond substituents is 1. The van der Waals surface area contributed by atoms with E-state index in [9.17, 15) is 5.11 Å². The van der Waals surface area contributed by atoms with Gasteiger partial charge in [-0.1, -0.05) is 0 Å². The van der Waals surface area contributed by atoms with Crippen LogP contribution in [-0.4, -0.2) is 18.2 Å². The van der Waals surface area contributed by atoms with Gasteiger partial charge >= 0.3 is 0 Å². The predicted octanol–water partition coefficient (Wildman–Crippen LogP) is 3.97. The Balaban J connectivity index is 2.09. The standard InChI is InChI=1S/C17H19NO3/c1-9-7-12-14(11-3-5-18-6-4-11)16-13(8-10(2)20-16)15(19)17(12)21-9/h7-8,11,18-19H,3-6H2,1-2H3. The van der Waals surface area contributed by atoms with Crippen molar-refractivity contribution < 1.29 is 13.9 Å². The maximum Gasteiger partial charge on any atom is 0.177 e. The van der Waals surface area contributed by atoms with Crippen LogP contribution in [0.3, 0.4) is 0 Å². The Morgan fingerprint density at radius 3 is 2.33 bits per heavy atom. The first-order chi connectivity index (χ1) is 10.1. The molecule has 2 aromatic heterocycles. The lowest BCUT2D eigenvalue weighted by Gasteiger charge is -2.23. The van der Waals surface area contributed by atoms with E-state index in [-0.39, 0.29) is 5.75 Å². The topological polar surface area (TPSA) is 58.5 Å². The van der Waals surface area contributed by atoms with Crippen molar-refractivity contribution in [2.75, 3.05) is 13.1 Å². The van der Waals surface area contributed by atoms with Crippen molar-refractivity contribution in [1.29, 1.82) is 0 Å². The summed E-state index contributed by atoms with van der Waals surface area (Å²) < 4.78 is 11.7. The van der Waals surface area contributed by atoms with E-state index < -0.39 is 0 Å². The zero-order chi connectivity index (χ0) is 14.6. The largest absolute Gasteiger partial charge is 0.504 e. The van der Waals surface area contributed by atoms with Crippen LogP contribution in [0.2, 0.25) is 0 Å². The van der Waals surface area contributed by atoms with Crippen molar-refractivity contribution in [1.82, 2.24) is 5.32 Å². The Hall–Kier alpha value is -1.94. The fraction of sp³-hybridized carbons (Fsp3) is 0.412. The number of benzene rings is 1. The van der Waals surface area contributed by atoms with Crippen LogP contribution in [0.5, 0.6) is 5.75 Å². The second-order valence-electron chi connectivity index (χ2n) is 5.99. The molecule has 4 heteroatoms. The molecule has 0 bridgehead atoms. The summed E-state index contributed by atoms with van der Waals surface area (Å²) in [4.78, 5) is 0. The lowest BCUT2D eigenvalue weighted by Crippen LogP contribution is -2.26. The van der Waals surface area contributed by atoms with Gasteiger partial charge in [0.2, 0.25) is 0 Å². The maximum absolute atomic E-state index is 10.5. The molecule has 0 unspecified atom stereocenters. The molecule has 1 saturated heterocycles. The lowest BCUT2D eigenvalue weighted by molar-refractivity contribution is 0.454. The molecule has 4 nitrogen and oxygen atoms in total. The number of hydrogen-bond acceptors (Lipinski definition) is 4. The zero-order valence-electron chi connectivity index (χ0n) is 12.3. The molecule has 3 heterocycles. The summed E-state index contributed by atoms with van der Waals surface area (Å²) >= 11 is 0. The minimum Gasteiger partial charge on any atom is -0.504 e. The van der Waals surface area contributed by atoms with Crippen LogP contribution in [0.4, 0.5) is 0 Å². The van der Waals surface area contributed by atoms with E-state index >= 15 is 0 Å².